The van der Waals surface area contributed by atoms with Crippen LogP contribution in [-0.4, -0.2) is 66.4 Å². The molecule has 11 heteroatoms. The summed E-state index contributed by atoms with van der Waals surface area (Å²) in [5.41, 5.74) is 6.02. The first kappa shape index (κ1) is 25.1. The number of aromatic amines is 1. The number of hydrogen-bond acceptors (Lipinski definition) is 7. The molecule has 0 radical (unpaired) electrons. The lowest BCUT2D eigenvalue weighted by Gasteiger charge is -2.36. The number of anilines is 2. The third-order valence-electron chi connectivity index (χ3n) is 6.14. The van der Waals surface area contributed by atoms with Crippen molar-refractivity contribution in [3.05, 3.63) is 57.2 Å². The third kappa shape index (κ3) is 5.46. The van der Waals surface area contributed by atoms with Crippen LogP contribution in [0.2, 0.25) is 0 Å². The van der Waals surface area contributed by atoms with Gasteiger partial charge in [0.25, 0.3) is 5.56 Å². The van der Waals surface area contributed by atoms with Gasteiger partial charge in [0.1, 0.15) is 11.5 Å². The van der Waals surface area contributed by atoms with Crippen molar-refractivity contribution in [1.29, 1.82) is 0 Å². The van der Waals surface area contributed by atoms with Crippen LogP contribution in [0.25, 0.3) is 10.9 Å². The lowest BCUT2D eigenvalue weighted by atomic mass is 10.2. The summed E-state index contributed by atoms with van der Waals surface area (Å²) in [5.74, 6) is 1.16. The second-order valence-electron chi connectivity index (χ2n) is 8.94. The number of carbonyl (C=O) groups is 1. The van der Waals surface area contributed by atoms with Gasteiger partial charge in [-0.25, -0.2) is 9.59 Å². The maximum atomic E-state index is 13.2. The van der Waals surface area contributed by atoms with Gasteiger partial charge < -0.3 is 30.4 Å². The number of aromatic nitrogens is 2. The number of fused-ring (bicyclic) bond motifs is 1. The number of ether oxygens (including phenoxy) is 2. The Morgan fingerprint density at radius 1 is 1.08 bits per heavy atom. The predicted molar refractivity (Wildman–Crippen MR) is 139 cm³/mol. The molecule has 11 nitrogen and oxygen atoms in total. The molecule has 1 aliphatic heterocycles. The van der Waals surface area contributed by atoms with Crippen LogP contribution >= 0.6 is 0 Å². The number of primary amides is 1. The van der Waals surface area contributed by atoms with Gasteiger partial charge in [-0.1, -0.05) is 12.1 Å². The molecule has 2 heterocycles. The van der Waals surface area contributed by atoms with Crippen molar-refractivity contribution in [2.45, 2.75) is 26.5 Å². The quantitative estimate of drug-likeness (QED) is 0.433. The number of amides is 2. The molecular formula is C25H32N6O5. The van der Waals surface area contributed by atoms with Gasteiger partial charge >= 0.3 is 11.7 Å². The van der Waals surface area contributed by atoms with E-state index in [0.717, 1.165) is 37.6 Å². The van der Waals surface area contributed by atoms with Crippen LogP contribution in [-0.2, 0) is 6.54 Å². The van der Waals surface area contributed by atoms with Gasteiger partial charge in [-0.05, 0) is 32.0 Å². The Labute approximate surface area is 208 Å². The average Bonchev–Trinajstić information content (AvgIpc) is 2.84. The highest BCUT2D eigenvalue weighted by Gasteiger charge is 2.20. The molecular weight excluding hydrogens is 464 g/mol. The molecule has 36 heavy (non-hydrogen) atoms. The van der Waals surface area contributed by atoms with Crippen molar-refractivity contribution in [2.24, 2.45) is 5.73 Å². The van der Waals surface area contributed by atoms with Crippen molar-refractivity contribution in [1.82, 2.24) is 14.5 Å². The van der Waals surface area contributed by atoms with E-state index in [9.17, 15) is 14.4 Å². The van der Waals surface area contributed by atoms with Crippen molar-refractivity contribution >= 4 is 28.3 Å². The van der Waals surface area contributed by atoms with E-state index in [0.29, 0.717) is 17.8 Å². The molecule has 0 bridgehead atoms. The molecule has 4 N–H and O–H groups in total. The molecule has 2 amide bonds. The highest BCUT2D eigenvalue weighted by atomic mass is 16.5. The zero-order valence-corrected chi connectivity index (χ0v) is 20.7. The van der Waals surface area contributed by atoms with Crippen molar-refractivity contribution in [3.8, 4) is 11.5 Å². The number of hydrogen-bond donors (Lipinski definition) is 3. The SMILES string of the molecule is COc1ccccc1N1CCN(CCn2c(=O)[nH]c3cc(OC(C)C)c(NC(N)=O)cc3c2=O)CC1. The van der Waals surface area contributed by atoms with Gasteiger partial charge in [0.15, 0.2) is 0 Å². The fourth-order valence-corrected chi connectivity index (χ4v) is 4.41. The first-order valence-electron chi connectivity index (χ1n) is 11.9. The van der Waals surface area contributed by atoms with Gasteiger partial charge in [-0.15, -0.1) is 0 Å². The molecule has 0 atom stereocenters. The van der Waals surface area contributed by atoms with E-state index in [1.54, 1.807) is 7.11 Å². The van der Waals surface area contributed by atoms with Crippen LogP contribution < -0.4 is 36.7 Å². The standard InChI is InChI=1S/C25H32N6O5/c1-16(2)36-22-15-18-17(14-19(22)27-24(26)33)23(32)31(25(34)28-18)13-10-29-8-11-30(12-9-29)20-6-4-5-7-21(20)35-3/h4-7,14-16H,8-13H2,1-3H3,(H,28,34)(H3,26,27,33). The molecule has 1 saturated heterocycles. The predicted octanol–water partition coefficient (Wildman–Crippen LogP) is 1.80. The second kappa shape index (κ2) is 10.7. The van der Waals surface area contributed by atoms with E-state index in [1.165, 1.54) is 16.7 Å². The number of H-pyrrole nitrogens is 1. The lowest BCUT2D eigenvalue weighted by molar-refractivity contribution is 0.242. The number of nitrogens with two attached hydrogens (primary N) is 1. The maximum Gasteiger partial charge on any atom is 0.328 e. The third-order valence-corrected chi connectivity index (χ3v) is 6.14. The van der Waals surface area contributed by atoms with Crippen molar-refractivity contribution in [2.75, 3.05) is 50.1 Å². The average molecular weight is 497 g/mol. The summed E-state index contributed by atoms with van der Waals surface area (Å²) in [6.07, 6.45) is -0.189. The molecule has 192 valence electrons. The van der Waals surface area contributed by atoms with E-state index in [2.05, 4.69) is 20.1 Å². The Kier molecular flexibility index (Phi) is 7.49. The Balaban J connectivity index is 1.51. The van der Waals surface area contributed by atoms with E-state index in [-0.39, 0.29) is 23.7 Å². The number of benzene rings is 2. The van der Waals surface area contributed by atoms with Crippen LogP contribution in [0.5, 0.6) is 11.5 Å². The van der Waals surface area contributed by atoms with E-state index < -0.39 is 17.3 Å². The van der Waals surface area contributed by atoms with E-state index in [4.69, 9.17) is 15.2 Å². The molecule has 4 rings (SSSR count). The van der Waals surface area contributed by atoms with Crippen molar-refractivity contribution < 1.29 is 14.3 Å². The monoisotopic (exact) mass is 496 g/mol. The van der Waals surface area contributed by atoms with Gasteiger partial charge in [0.2, 0.25) is 0 Å². The van der Waals surface area contributed by atoms with Crippen LogP contribution in [0.4, 0.5) is 16.2 Å². The normalized spacial score (nSPS) is 14.3. The number of urea groups is 1. The summed E-state index contributed by atoms with van der Waals surface area (Å²) >= 11 is 0. The zero-order chi connectivity index (χ0) is 25.8. The summed E-state index contributed by atoms with van der Waals surface area (Å²) < 4.78 is 12.4. The first-order chi connectivity index (χ1) is 17.3. The largest absolute Gasteiger partial charge is 0.495 e. The molecule has 0 unspecified atom stereocenters. The fraction of sp³-hybridized carbons (Fsp3) is 0.400. The number of piperazine rings is 1. The fourth-order valence-electron chi connectivity index (χ4n) is 4.41. The minimum absolute atomic E-state index is 0.189. The number of nitrogens with zero attached hydrogens (tertiary/aromatic N) is 3. The topological polar surface area (TPSA) is 135 Å². The minimum atomic E-state index is -0.778. The Bertz CT molecular complexity index is 1360. The molecule has 1 fully saturated rings. The summed E-state index contributed by atoms with van der Waals surface area (Å²) in [6.45, 7) is 7.65. The summed E-state index contributed by atoms with van der Waals surface area (Å²) in [4.78, 5) is 44.7. The smallest absolute Gasteiger partial charge is 0.328 e. The van der Waals surface area contributed by atoms with Crippen LogP contribution in [0.15, 0.2) is 46.0 Å². The zero-order valence-electron chi connectivity index (χ0n) is 20.7. The number of rotatable bonds is 8. The van der Waals surface area contributed by atoms with E-state index in [1.807, 2.05) is 38.1 Å². The molecule has 0 spiro atoms. The molecule has 0 saturated carbocycles. The summed E-state index contributed by atoms with van der Waals surface area (Å²) in [5, 5.41) is 2.75. The highest BCUT2D eigenvalue weighted by Crippen LogP contribution is 2.29. The Morgan fingerprint density at radius 2 is 1.81 bits per heavy atom. The molecule has 1 aliphatic rings. The summed E-state index contributed by atoms with van der Waals surface area (Å²) in [6, 6.07) is 10.2. The lowest BCUT2D eigenvalue weighted by Crippen LogP contribution is -2.48. The molecule has 1 aromatic heterocycles. The number of nitrogens with one attached hydrogen (secondary N) is 2. The van der Waals surface area contributed by atoms with Gasteiger partial charge in [-0.3, -0.25) is 14.3 Å². The number of methoxy groups -OCH3 is 1. The van der Waals surface area contributed by atoms with Gasteiger partial charge in [0.05, 0.1) is 35.5 Å². The maximum absolute atomic E-state index is 13.2. The van der Waals surface area contributed by atoms with Crippen LogP contribution in [0.1, 0.15) is 13.8 Å². The van der Waals surface area contributed by atoms with E-state index >= 15 is 0 Å². The summed E-state index contributed by atoms with van der Waals surface area (Å²) in [7, 11) is 1.67. The first-order valence-corrected chi connectivity index (χ1v) is 11.9. The Morgan fingerprint density at radius 3 is 2.47 bits per heavy atom. The van der Waals surface area contributed by atoms with Crippen LogP contribution in [0, 0.1) is 0 Å². The highest BCUT2D eigenvalue weighted by molar-refractivity contribution is 5.94. The molecule has 2 aromatic carbocycles. The van der Waals surface area contributed by atoms with Crippen molar-refractivity contribution in [3.63, 3.8) is 0 Å². The number of para-hydroxylation sites is 2. The molecule has 0 aliphatic carbocycles. The molecule has 3 aromatic rings. The number of carbonyl (C=O) groups excluding carboxylic acids is 1. The minimum Gasteiger partial charge on any atom is -0.495 e. The van der Waals surface area contributed by atoms with Gasteiger partial charge in [0, 0.05) is 45.3 Å². The van der Waals surface area contributed by atoms with Crippen LogP contribution in [0.3, 0.4) is 0 Å². The van der Waals surface area contributed by atoms with Gasteiger partial charge in [-0.2, -0.15) is 0 Å². The Hall–Kier alpha value is -3.99. The second-order valence-corrected chi connectivity index (χ2v) is 8.94.